The topological polar surface area (TPSA) is 50.8 Å². The van der Waals surface area contributed by atoms with Crippen molar-refractivity contribution in [3.8, 4) is 0 Å². The molecule has 0 spiro atoms. The highest BCUT2D eigenvalue weighted by Gasteiger charge is 2.04. The minimum atomic E-state index is -0.266. The zero-order chi connectivity index (χ0) is 9.40. The molecule has 1 N–H and O–H groups in total. The number of carbonyl (C=O) groups is 1. The Morgan fingerprint density at radius 3 is 2.75 bits per heavy atom. The Bertz CT molecular complexity index is 130. The lowest BCUT2D eigenvalue weighted by molar-refractivity contribution is -0.0650. The van der Waals surface area contributed by atoms with Crippen molar-refractivity contribution in [3.05, 3.63) is 0 Å². The minimum absolute atomic E-state index is 0.266. The number of nitrogens with zero attached hydrogens (tertiary/aromatic N) is 1. The van der Waals surface area contributed by atoms with E-state index in [-0.39, 0.29) is 6.03 Å². The number of ether oxygens (including phenoxy) is 1. The van der Waals surface area contributed by atoms with Crippen LogP contribution in [0.4, 0.5) is 4.79 Å². The van der Waals surface area contributed by atoms with Crippen LogP contribution in [-0.2, 0) is 9.57 Å². The number of amides is 2. The molecule has 0 aliphatic heterocycles. The molecule has 0 unspecified atom stereocenters. The van der Waals surface area contributed by atoms with Gasteiger partial charge in [-0.05, 0) is 6.92 Å². The van der Waals surface area contributed by atoms with Gasteiger partial charge < -0.3 is 10.1 Å². The molecule has 0 aliphatic rings. The summed E-state index contributed by atoms with van der Waals surface area (Å²) in [5.41, 5.74) is 0. The number of hydroxylamine groups is 2. The molecular formula is C7H16N2O3. The van der Waals surface area contributed by atoms with Gasteiger partial charge in [0.05, 0.1) is 13.7 Å². The van der Waals surface area contributed by atoms with Crippen LogP contribution >= 0.6 is 0 Å². The van der Waals surface area contributed by atoms with Crippen LogP contribution in [0.3, 0.4) is 0 Å². The molecule has 0 fully saturated rings. The van der Waals surface area contributed by atoms with E-state index in [0.717, 1.165) is 5.06 Å². The van der Waals surface area contributed by atoms with Crippen molar-refractivity contribution in [2.24, 2.45) is 0 Å². The molecule has 0 radical (unpaired) electrons. The Balaban J connectivity index is 3.31. The van der Waals surface area contributed by atoms with Crippen molar-refractivity contribution in [1.82, 2.24) is 10.4 Å². The van der Waals surface area contributed by atoms with Gasteiger partial charge in [-0.15, -0.1) is 0 Å². The van der Waals surface area contributed by atoms with Crippen molar-refractivity contribution in [1.29, 1.82) is 0 Å². The van der Waals surface area contributed by atoms with Gasteiger partial charge >= 0.3 is 6.03 Å². The van der Waals surface area contributed by atoms with Gasteiger partial charge in [-0.3, -0.25) is 4.84 Å². The second-order valence-corrected chi connectivity index (χ2v) is 2.11. The maximum Gasteiger partial charge on any atom is 0.341 e. The van der Waals surface area contributed by atoms with Crippen LogP contribution in [0.25, 0.3) is 0 Å². The predicted molar refractivity (Wildman–Crippen MR) is 44.7 cm³/mol. The van der Waals surface area contributed by atoms with E-state index in [2.05, 4.69) is 10.2 Å². The summed E-state index contributed by atoms with van der Waals surface area (Å²) in [7, 11) is 2.97. The number of rotatable bonds is 5. The fraction of sp³-hybridized carbons (Fsp3) is 0.857. The summed E-state index contributed by atoms with van der Waals surface area (Å²) in [5.74, 6) is 0. The molecule has 0 aliphatic carbocycles. The third kappa shape index (κ3) is 4.92. The fourth-order valence-electron chi connectivity index (χ4n) is 0.569. The molecule has 5 heteroatoms. The molecule has 0 aromatic heterocycles. The average Bonchev–Trinajstić information content (AvgIpc) is 2.10. The summed E-state index contributed by atoms with van der Waals surface area (Å²) in [6.45, 7) is 3.60. The molecule has 2 amide bonds. The van der Waals surface area contributed by atoms with Crippen molar-refractivity contribution >= 4 is 6.03 Å². The second kappa shape index (κ2) is 6.87. The molecule has 0 aromatic carbocycles. The first-order chi connectivity index (χ1) is 5.72. The molecule has 0 bridgehead atoms. The van der Waals surface area contributed by atoms with E-state index < -0.39 is 0 Å². The number of hydrogen-bond acceptors (Lipinski definition) is 3. The van der Waals surface area contributed by atoms with Gasteiger partial charge in [0.1, 0.15) is 0 Å². The second-order valence-electron chi connectivity index (χ2n) is 2.11. The van der Waals surface area contributed by atoms with Crippen molar-refractivity contribution in [2.75, 3.05) is 33.9 Å². The summed E-state index contributed by atoms with van der Waals surface area (Å²) in [6.07, 6.45) is 0. The SMILES string of the molecule is CCOCCNC(=O)N(C)OC. The van der Waals surface area contributed by atoms with Gasteiger partial charge in [0.15, 0.2) is 0 Å². The number of hydrogen-bond donors (Lipinski definition) is 1. The maximum absolute atomic E-state index is 11.0. The summed E-state index contributed by atoms with van der Waals surface area (Å²) >= 11 is 0. The quantitative estimate of drug-likeness (QED) is 0.481. The highest BCUT2D eigenvalue weighted by atomic mass is 16.7. The molecule has 5 nitrogen and oxygen atoms in total. The lowest BCUT2D eigenvalue weighted by Gasteiger charge is -2.14. The zero-order valence-corrected chi connectivity index (χ0v) is 7.79. The molecule has 0 aromatic rings. The summed E-state index contributed by atoms with van der Waals surface area (Å²) in [6, 6.07) is -0.266. The summed E-state index contributed by atoms with van der Waals surface area (Å²) in [4.78, 5) is 15.6. The van der Waals surface area contributed by atoms with E-state index >= 15 is 0 Å². The van der Waals surface area contributed by atoms with Crippen LogP contribution in [-0.4, -0.2) is 45.0 Å². The van der Waals surface area contributed by atoms with Gasteiger partial charge in [0, 0.05) is 20.2 Å². The smallest absolute Gasteiger partial charge is 0.341 e. The van der Waals surface area contributed by atoms with Crippen LogP contribution < -0.4 is 5.32 Å². The molecular weight excluding hydrogens is 160 g/mol. The average molecular weight is 176 g/mol. The first kappa shape index (κ1) is 11.2. The van der Waals surface area contributed by atoms with Crippen LogP contribution in [0.15, 0.2) is 0 Å². The monoisotopic (exact) mass is 176 g/mol. The Hall–Kier alpha value is -0.810. The maximum atomic E-state index is 11.0. The lowest BCUT2D eigenvalue weighted by Crippen LogP contribution is -2.38. The van der Waals surface area contributed by atoms with Crippen molar-refractivity contribution < 1.29 is 14.4 Å². The van der Waals surface area contributed by atoms with E-state index in [9.17, 15) is 4.79 Å². The molecule has 0 atom stereocenters. The highest BCUT2D eigenvalue weighted by molar-refractivity contribution is 5.72. The third-order valence-corrected chi connectivity index (χ3v) is 1.29. The van der Waals surface area contributed by atoms with E-state index in [4.69, 9.17) is 4.74 Å². The number of urea groups is 1. The molecule has 0 saturated heterocycles. The van der Waals surface area contributed by atoms with Crippen LogP contribution in [0.5, 0.6) is 0 Å². The predicted octanol–water partition coefficient (Wildman–Crippen LogP) is 0.226. The normalized spacial score (nSPS) is 9.58. The third-order valence-electron chi connectivity index (χ3n) is 1.29. The highest BCUT2D eigenvalue weighted by Crippen LogP contribution is 1.82. The molecule has 12 heavy (non-hydrogen) atoms. The van der Waals surface area contributed by atoms with Crippen molar-refractivity contribution in [3.63, 3.8) is 0 Å². The minimum Gasteiger partial charge on any atom is -0.380 e. The van der Waals surface area contributed by atoms with Gasteiger partial charge in [-0.2, -0.15) is 0 Å². The Morgan fingerprint density at radius 2 is 2.25 bits per heavy atom. The first-order valence-electron chi connectivity index (χ1n) is 3.85. The lowest BCUT2D eigenvalue weighted by atomic mass is 10.6. The number of nitrogens with one attached hydrogen (secondary N) is 1. The Labute approximate surface area is 72.6 Å². The number of carbonyl (C=O) groups excluding carboxylic acids is 1. The zero-order valence-electron chi connectivity index (χ0n) is 7.79. The van der Waals surface area contributed by atoms with E-state index in [1.165, 1.54) is 14.2 Å². The van der Waals surface area contributed by atoms with E-state index in [1.807, 2.05) is 6.92 Å². The van der Waals surface area contributed by atoms with Gasteiger partial charge in [0.25, 0.3) is 0 Å². The van der Waals surface area contributed by atoms with Gasteiger partial charge in [-0.1, -0.05) is 0 Å². The summed E-state index contributed by atoms with van der Waals surface area (Å²) in [5, 5.41) is 3.72. The van der Waals surface area contributed by atoms with Crippen LogP contribution in [0.1, 0.15) is 6.92 Å². The van der Waals surface area contributed by atoms with Gasteiger partial charge in [-0.25, -0.2) is 9.86 Å². The van der Waals surface area contributed by atoms with Crippen LogP contribution in [0, 0.1) is 0 Å². The van der Waals surface area contributed by atoms with E-state index in [0.29, 0.717) is 19.8 Å². The fourth-order valence-corrected chi connectivity index (χ4v) is 0.569. The van der Waals surface area contributed by atoms with Crippen LogP contribution in [0.2, 0.25) is 0 Å². The first-order valence-corrected chi connectivity index (χ1v) is 3.85. The van der Waals surface area contributed by atoms with Gasteiger partial charge in [0.2, 0.25) is 0 Å². The summed E-state index contributed by atoms with van der Waals surface area (Å²) < 4.78 is 5.02. The molecule has 72 valence electrons. The Morgan fingerprint density at radius 1 is 1.58 bits per heavy atom. The molecule has 0 saturated carbocycles. The standard InChI is InChI=1S/C7H16N2O3/c1-4-12-6-5-8-7(10)9(2)11-3/h4-6H2,1-3H3,(H,8,10). The van der Waals surface area contributed by atoms with E-state index in [1.54, 1.807) is 0 Å². The molecule has 0 rings (SSSR count). The molecule has 0 heterocycles. The largest absolute Gasteiger partial charge is 0.380 e. The Kier molecular flexibility index (Phi) is 6.41. The van der Waals surface area contributed by atoms with Crippen molar-refractivity contribution in [2.45, 2.75) is 6.92 Å².